The summed E-state index contributed by atoms with van der Waals surface area (Å²) in [7, 11) is 0. The highest BCUT2D eigenvalue weighted by Gasteiger charge is 2.04. The molecule has 0 fully saturated rings. The van der Waals surface area contributed by atoms with Gasteiger partial charge in [0.1, 0.15) is 18.1 Å². The fourth-order valence-corrected chi connectivity index (χ4v) is 1.62. The maximum Gasteiger partial charge on any atom is 0.269 e. The van der Waals surface area contributed by atoms with Gasteiger partial charge in [-0.1, -0.05) is 5.16 Å². The predicted octanol–water partition coefficient (Wildman–Crippen LogP) is 2.06. The Morgan fingerprint density at radius 2 is 2.15 bits per heavy atom. The Labute approximate surface area is 115 Å². The number of hydrogen-bond donors (Lipinski definition) is 1. The van der Waals surface area contributed by atoms with Gasteiger partial charge in [-0.2, -0.15) is 0 Å². The first kappa shape index (κ1) is 14.0. The minimum absolute atomic E-state index is 0.0527. The molecule has 106 valence electrons. The fraction of sp³-hybridized carbons (Fsp3) is 0.308. The maximum absolute atomic E-state index is 10.5. The molecule has 0 amide bonds. The number of ether oxygens (including phenoxy) is 1. The number of non-ortho nitro benzene ring substituents is 1. The zero-order chi connectivity index (χ0) is 14.4. The maximum atomic E-state index is 10.5. The van der Waals surface area contributed by atoms with E-state index in [9.17, 15) is 10.1 Å². The second kappa shape index (κ2) is 6.67. The van der Waals surface area contributed by atoms with E-state index in [4.69, 9.17) is 9.26 Å². The summed E-state index contributed by atoms with van der Waals surface area (Å²) in [6, 6.07) is 7.87. The van der Waals surface area contributed by atoms with E-state index in [1.165, 1.54) is 12.1 Å². The van der Waals surface area contributed by atoms with E-state index in [0.29, 0.717) is 25.4 Å². The van der Waals surface area contributed by atoms with E-state index in [-0.39, 0.29) is 5.69 Å². The minimum atomic E-state index is -0.439. The van der Waals surface area contributed by atoms with Crippen LogP contribution in [0.1, 0.15) is 11.5 Å². The molecule has 0 spiro atoms. The lowest BCUT2D eigenvalue weighted by Crippen LogP contribution is -2.20. The van der Waals surface area contributed by atoms with Crippen molar-refractivity contribution in [3.05, 3.63) is 51.9 Å². The van der Waals surface area contributed by atoms with Crippen molar-refractivity contribution >= 4 is 5.69 Å². The Morgan fingerprint density at radius 3 is 2.75 bits per heavy atom. The van der Waals surface area contributed by atoms with Gasteiger partial charge < -0.3 is 14.6 Å². The molecule has 20 heavy (non-hydrogen) atoms. The molecule has 1 aromatic heterocycles. The standard InChI is InChI=1S/C13H15N3O4/c1-10-8-11(15-20-10)9-14-6-7-19-13-4-2-12(3-5-13)16(17)18/h2-5,8,14H,6-7,9H2,1H3. The summed E-state index contributed by atoms with van der Waals surface area (Å²) in [5.74, 6) is 1.39. The number of hydrogen-bond acceptors (Lipinski definition) is 6. The van der Waals surface area contributed by atoms with Crippen LogP contribution in [0.4, 0.5) is 5.69 Å². The SMILES string of the molecule is Cc1cc(CNCCOc2ccc([N+](=O)[O-])cc2)no1. The van der Waals surface area contributed by atoms with Gasteiger partial charge >= 0.3 is 0 Å². The van der Waals surface area contributed by atoms with Crippen molar-refractivity contribution in [1.82, 2.24) is 10.5 Å². The molecule has 0 bridgehead atoms. The predicted molar refractivity (Wildman–Crippen MR) is 71.5 cm³/mol. The lowest BCUT2D eigenvalue weighted by atomic mass is 10.3. The second-order valence-electron chi connectivity index (χ2n) is 4.21. The summed E-state index contributed by atoms with van der Waals surface area (Å²) in [5, 5.41) is 17.5. The lowest BCUT2D eigenvalue weighted by Gasteiger charge is -2.06. The zero-order valence-corrected chi connectivity index (χ0v) is 11.0. The Morgan fingerprint density at radius 1 is 1.40 bits per heavy atom. The number of nitrogens with one attached hydrogen (secondary N) is 1. The van der Waals surface area contributed by atoms with Crippen molar-refractivity contribution in [3.63, 3.8) is 0 Å². The first-order chi connectivity index (χ1) is 9.65. The van der Waals surface area contributed by atoms with Gasteiger partial charge in [-0.3, -0.25) is 10.1 Å². The molecule has 0 radical (unpaired) electrons. The highest BCUT2D eigenvalue weighted by molar-refractivity contribution is 5.35. The van der Waals surface area contributed by atoms with Crippen LogP contribution in [0.3, 0.4) is 0 Å². The molecule has 0 aliphatic heterocycles. The third kappa shape index (κ3) is 4.06. The van der Waals surface area contributed by atoms with Gasteiger partial charge in [0.25, 0.3) is 5.69 Å². The van der Waals surface area contributed by atoms with Crippen LogP contribution in [-0.4, -0.2) is 23.2 Å². The molecule has 0 saturated heterocycles. The molecule has 1 heterocycles. The molecule has 7 heteroatoms. The van der Waals surface area contributed by atoms with E-state index in [1.807, 2.05) is 13.0 Å². The first-order valence-corrected chi connectivity index (χ1v) is 6.15. The van der Waals surface area contributed by atoms with Gasteiger partial charge in [0.05, 0.1) is 10.6 Å². The van der Waals surface area contributed by atoms with Gasteiger partial charge in [-0.15, -0.1) is 0 Å². The van der Waals surface area contributed by atoms with Crippen molar-refractivity contribution in [2.24, 2.45) is 0 Å². The average Bonchev–Trinajstić information content (AvgIpc) is 2.84. The van der Waals surface area contributed by atoms with Crippen LogP contribution in [-0.2, 0) is 6.54 Å². The van der Waals surface area contributed by atoms with E-state index in [0.717, 1.165) is 11.5 Å². The van der Waals surface area contributed by atoms with Crippen LogP contribution in [0.15, 0.2) is 34.9 Å². The molecule has 7 nitrogen and oxygen atoms in total. The number of nitro groups is 1. The van der Waals surface area contributed by atoms with Crippen molar-refractivity contribution < 1.29 is 14.2 Å². The number of aryl methyl sites for hydroxylation is 1. The topological polar surface area (TPSA) is 90.4 Å². The molecule has 1 aromatic carbocycles. The largest absolute Gasteiger partial charge is 0.492 e. The summed E-state index contributed by atoms with van der Waals surface area (Å²) < 4.78 is 10.4. The van der Waals surface area contributed by atoms with Gasteiger partial charge in [0, 0.05) is 31.3 Å². The molecule has 2 aromatic rings. The normalized spacial score (nSPS) is 10.4. The van der Waals surface area contributed by atoms with Crippen molar-refractivity contribution in [3.8, 4) is 5.75 Å². The van der Waals surface area contributed by atoms with E-state index in [2.05, 4.69) is 10.5 Å². The average molecular weight is 277 g/mol. The van der Waals surface area contributed by atoms with Gasteiger partial charge in [-0.05, 0) is 19.1 Å². The molecule has 0 aliphatic carbocycles. The summed E-state index contributed by atoms with van der Waals surface area (Å²) in [6.45, 7) is 3.56. The number of benzene rings is 1. The third-order valence-corrected chi connectivity index (χ3v) is 2.58. The van der Waals surface area contributed by atoms with Crippen LogP contribution in [0, 0.1) is 17.0 Å². The summed E-state index contributed by atoms with van der Waals surface area (Å²) in [6.07, 6.45) is 0. The van der Waals surface area contributed by atoms with Crippen LogP contribution in [0.25, 0.3) is 0 Å². The molecule has 0 atom stereocenters. The van der Waals surface area contributed by atoms with Crippen LogP contribution >= 0.6 is 0 Å². The smallest absolute Gasteiger partial charge is 0.269 e. The van der Waals surface area contributed by atoms with Crippen molar-refractivity contribution in [1.29, 1.82) is 0 Å². The van der Waals surface area contributed by atoms with E-state index in [1.54, 1.807) is 12.1 Å². The highest BCUT2D eigenvalue weighted by Crippen LogP contribution is 2.16. The minimum Gasteiger partial charge on any atom is -0.492 e. The second-order valence-corrected chi connectivity index (χ2v) is 4.21. The van der Waals surface area contributed by atoms with E-state index < -0.39 is 4.92 Å². The Kier molecular flexibility index (Phi) is 4.67. The number of nitrogens with zero attached hydrogens (tertiary/aromatic N) is 2. The summed E-state index contributed by atoms with van der Waals surface area (Å²) in [4.78, 5) is 10.0. The molecular weight excluding hydrogens is 262 g/mol. The van der Waals surface area contributed by atoms with Crippen LogP contribution in [0.5, 0.6) is 5.75 Å². The number of aromatic nitrogens is 1. The monoisotopic (exact) mass is 277 g/mol. The fourth-order valence-electron chi connectivity index (χ4n) is 1.62. The van der Waals surface area contributed by atoms with Gasteiger partial charge in [0.2, 0.25) is 0 Å². The third-order valence-electron chi connectivity index (χ3n) is 2.58. The van der Waals surface area contributed by atoms with Crippen LogP contribution in [0.2, 0.25) is 0 Å². The van der Waals surface area contributed by atoms with Crippen molar-refractivity contribution in [2.75, 3.05) is 13.2 Å². The summed E-state index contributed by atoms with van der Waals surface area (Å²) >= 11 is 0. The quantitative estimate of drug-likeness (QED) is 0.473. The van der Waals surface area contributed by atoms with Gasteiger partial charge in [-0.25, -0.2) is 0 Å². The van der Waals surface area contributed by atoms with E-state index >= 15 is 0 Å². The number of nitro benzene ring substituents is 1. The molecule has 1 N–H and O–H groups in total. The molecular formula is C13H15N3O4. The Balaban J connectivity index is 1.66. The van der Waals surface area contributed by atoms with Crippen LogP contribution < -0.4 is 10.1 Å². The lowest BCUT2D eigenvalue weighted by molar-refractivity contribution is -0.384. The van der Waals surface area contributed by atoms with Gasteiger partial charge in [0.15, 0.2) is 0 Å². The first-order valence-electron chi connectivity index (χ1n) is 6.15. The molecule has 0 unspecified atom stereocenters. The Hall–Kier alpha value is -2.41. The zero-order valence-electron chi connectivity index (χ0n) is 11.0. The Bertz CT molecular complexity index is 565. The number of rotatable bonds is 7. The molecule has 0 saturated carbocycles. The summed E-state index contributed by atoms with van der Waals surface area (Å²) in [5.41, 5.74) is 0.898. The van der Waals surface area contributed by atoms with Crippen molar-refractivity contribution in [2.45, 2.75) is 13.5 Å². The molecule has 0 aliphatic rings. The molecule has 2 rings (SSSR count). The highest BCUT2D eigenvalue weighted by atomic mass is 16.6.